The van der Waals surface area contributed by atoms with E-state index in [2.05, 4.69) is 69.4 Å². The van der Waals surface area contributed by atoms with Gasteiger partial charge in [0.15, 0.2) is 0 Å². The number of benzene rings is 1. The van der Waals surface area contributed by atoms with E-state index in [1.807, 2.05) is 11.7 Å². The minimum atomic E-state index is -0.0867. The Balaban J connectivity index is 2.65. The lowest BCUT2D eigenvalue weighted by molar-refractivity contribution is 0.423. The molecule has 1 aliphatic rings. The molecule has 0 fully saturated rings. The number of rotatable bonds is 1. The third kappa shape index (κ3) is 3.65. The molecule has 114 valence electrons. The van der Waals surface area contributed by atoms with Crippen molar-refractivity contribution in [2.45, 2.75) is 52.4 Å². The summed E-state index contributed by atoms with van der Waals surface area (Å²) in [6.07, 6.45) is 1.84. The molecular formula is C18H25NOS. The number of phenols is 1. The van der Waals surface area contributed by atoms with Gasteiger partial charge in [0, 0.05) is 17.3 Å². The average Bonchev–Trinajstić information content (AvgIpc) is 2.81. The van der Waals surface area contributed by atoms with Gasteiger partial charge < -0.3 is 5.11 Å². The fourth-order valence-electron chi connectivity index (χ4n) is 2.34. The van der Waals surface area contributed by atoms with Gasteiger partial charge in [-0.05, 0) is 39.3 Å². The smallest absolute Gasteiger partial charge is 0.123 e. The summed E-state index contributed by atoms with van der Waals surface area (Å²) in [5.41, 5.74) is 4.95. The number of hydrogen-bond donors (Lipinski definition) is 1. The highest BCUT2D eigenvalue weighted by atomic mass is 32.2. The zero-order chi connectivity index (χ0) is 15.8. The molecule has 0 saturated heterocycles. The highest BCUT2D eigenvalue weighted by Crippen LogP contribution is 2.39. The molecule has 1 aromatic rings. The molecule has 21 heavy (non-hydrogen) atoms. The van der Waals surface area contributed by atoms with Gasteiger partial charge in [0.05, 0.1) is 5.55 Å². The standard InChI is InChI=1S/C18H25NOS/c1-17(2,3)14-9-13(11-21-8-7-19-12-21)10-15(16(14)20)18(4,5)6/h7-12,20H,1-6H3. The molecule has 1 aromatic carbocycles. The molecule has 0 bridgehead atoms. The maximum atomic E-state index is 10.7. The van der Waals surface area contributed by atoms with E-state index in [1.54, 1.807) is 0 Å². The highest BCUT2D eigenvalue weighted by molar-refractivity contribution is 8.29. The average molecular weight is 303 g/mol. The lowest BCUT2D eigenvalue weighted by atomic mass is 9.78. The summed E-state index contributed by atoms with van der Waals surface area (Å²) in [6, 6.07) is 4.22. The number of nitrogens with zero attached hydrogens (tertiary/aromatic N) is 1. The van der Waals surface area contributed by atoms with E-state index in [0.29, 0.717) is 5.75 Å². The number of phenolic OH excluding ortho intramolecular Hbond substituents is 1. The molecule has 1 heterocycles. The summed E-state index contributed by atoms with van der Waals surface area (Å²) < 4.78 is 0. The Hall–Kier alpha value is -1.35. The van der Waals surface area contributed by atoms with Crippen molar-refractivity contribution in [3.63, 3.8) is 0 Å². The van der Waals surface area contributed by atoms with Crippen LogP contribution in [0.3, 0.4) is 0 Å². The van der Waals surface area contributed by atoms with E-state index in [-0.39, 0.29) is 21.3 Å². The first-order valence-electron chi connectivity index (χ1n) is 7.22. The van der Waals surface area contributed by atoms with Crippen LogP contribution in [-0.2, 0) is 10.8 Å². The Kier molecular flexibility index (Phi) is 4.16. The largest absolute Gasteiger partial charge is 0.507 e. The van der Waals surface area contributed by atoms with Gasteiger partial charge in [-0.15, -0.1) is 10.5 Å². The number of hydrogen-bond acceptors (Lipinski definition) is 2. The van der Waals surface area contributed by atoms with Crippen molar-refractivity contribution in [2.24, 2.45) is 4.99 Å². The second-order valence-electron chi connectivity index (χ2n) is 7.53. The summed E-state index contributed by atoms with van der Waals surface area (Å²) in [5.74, 6) is 0.436. The molecule has 0 aliphatic carbocycles. The molecule has 0 aromatic heterocycles. The van der Waals surface area contributed by atoms with Crippen molar-refractivity contribution in [1.29, 1.82) is 0 Å². The van der Waals surface area contributed by atoms with Gasteiger partial charge in [-0.3, -0.25) is 4.99 Å². The van der Waals surface area contributed by atoms with Gasteiger partial charge in [-0.1, -0.05) is 41.5 Å². The van der Waals surface area contributed by atoms with Gasteiger partial charge in [0.1, 0.15) is 5.75 Å². The number of aromatic hydroxyl groups is 1. The maximum absolute atomic E-state index is 10.7. The molecular weight excluding hydrogens is 278 g/mol. The van der Waals surface area contributed by atoms with Crippen LogP contribution in [0.5, 0.6) is 5.75 Å². The molecule has 0 radical (unpaired) electrons. The van der Waals surface area contributed by atoms with Crippen LogP contribution in [0, 0.1) is 0 Å². The van der Waals surface area contributed by atoms with E-state index >= 15 is 0 Å². The molecule has 0 spiro atoms. The minimum Gasteiger partial charge on any atom is -0.507 e. The molecule has 0 saturated carbocycles. The normalized spacial score (nSPS) is 18.7. The molecule has 1 atom stereocenters. The van der Waals surface area contributed by atoms with Gasteiger partial charge in [0.25, 0.3) is 0 Å². The predicted octanol–water partition coefficient (Wildman–Crippen LogP) is 4.92. The minimum absolute atomic E-state index is 0.0339. The van der Waals surface area contributed by atoms with Gasteiger partial charge >= 0.3 is 0 Å². The summed E-state index contributed by atoms with van der Waals surface area (Å²) in [6.45, 7) is 12.8. The van der Waals surface area contributed by atoms with E-state index < -0.39 is 0 Å². The molecule has 1 N–H and O–H groups in total. The van der Waals surface area contributed by atoms with E-state index in [1.165, 1.54) is 0 Å². The maximum Gasteiger partial charge on any atom is 0.123 e. The summed E-state index contributed by atoms with van der Waals surface area (Å²) in [7, 11) is -0.0339. The van der Waals surface area contributed by atoms with Crippen molar-refractivity contribution in [3.05, 3.63) is 40.4 Å². The van der Waals surface area contributed by atoms with Gasteiger partial charge in [-0.2, -0.15) is 0 Å². The van der Waals surface area contributed by atoms with Crippen molar-refractivity contribution < 1.29 is 5.11 Å². The summed E-state index contributed by atoms with van der Waals surface area (Å²) >= 11 is 0. The van der Waals surface area contributed by atoms with Gasteiger partial charge in [0.2, 0.25) is 0 Å². The molecule has 2 nitrogen and oxygen atoms in total. The van der Waals surface area contributed by atoms with E-state index in [0.717, 1.165) is 16.7 Å². The third-order valence-electron chi connectivity index (χ3n) is 3.51. The van der Waals surface area contributed by atoms with Crippen LogP contribution < -0.4 is 0 Å². The monoisotopic (exact) mass is 303 g/mol. The lowest BCUT2D eigenvalue weighted by Gasteiger charge is -2.28. The zero-order valence-electron chi connectivity index (χ0n) is 13.8. The topological polar surface area (TPSA) is 32.6 Å². The van der Waals surface area contributed by atoms with Crippen molar-refractivity contribution in [1.82, 2.24) is 0 Å². The summed E-state index contributed by atoms with van der Waals surface area (Å²) in [4.78, 5) is 4.15. The molecule has 1 unspecified atom stereocenters. The summed E-state index contributed by atoms with van der Waals surface area (Å²) in [5, 5.41) is 15.0. The van der Waals surface area contributed by atoms with Crippen LogP contribution in [0.25, 0.3) is 0 Å². The molecule has 2 rings (SSSR count). The van der Waals surface area contributed by atoms with Crippen LogP contribution in [0.2, 0.25) is 0 Å². The van der Waals surface area contributed by atoms with Crippen molar-refractivity contribution in [3.8, 4) is 5.75 Å². The highest BCUT2D eigenvalue weighted by Gasteiger charge is 2.26. The van der Waals surface area contributed by atoms with Crippen LogP contribution in [0.15, 0.2) is 28.7 Å². The van der Waals surface area contributed by atoms with Crippen LogP contribution >= 0.6 is 10.5 Å². The fourth-order valence-corrected chi connectivity index (χ4v) is 3.42. The second kappa shape index (κ2) is 5.45. The number of aliphatic imine (C=N–C) groups is 1. The zero-order valence-corrected chi connectivity index (χ0v) is 14.6. The predicted molar refractivity (Wildman–Crippen MR) is 95.9 cm³/mol. The quantitative estimate of drug-likeness (QED) is 0.734. The Morgan fingerprint density at radius 2 is 1.52 bits per heavy atom. The van der Waals surface area contributed by atoms with E-state index in [4.69, 9.17) is 0 Å². The lowest BCUT2D eigenvalue weighted by Crippen LogP contribution is -2.17. The molecule has 3 heteroatoms. The van der Waals surface area contributed by atoms with Crippen LogP contribution in [0.4, 0.5) is 0 Å². The first kappa shape index (κ1) is 16.0. The first-order chi connectivity index (χ1) is 9.59. The van der Waals surface area contributed by atoms with Crippen molar-refractivity contribution >= 4 is 21.4 Å². The molecule has 0 amide bonds. The third-order valence-corrected chi connectivity index (χ3v) is 4.85. The van der Waals surface area contributed by atoms with Crippen molar-refractivity contribution in [2.75, 3.05) is 0 Å². The van der Waals surface area contributed by atoms with Gasteiger partial charge in [-0.25, -0.2) is 0 Å². The molecule has 1 aliphatic heterocycles. The van der Waals surface area contributed by atoms with Crippen LogP contribution in [0.1, 0.15) is 58.2 Å². The van der Waals surface area contributed by atoms with Crippen LogP contribution in [-0.4, -0.2) is 16.0 Å². The SMILES string of the molecule is CC(C)(C)c1cc(C=S2C=CN=C2)cc(C(C)(C)C)c1O. The Morgan fingerprint density at radius 3 is 1.90 bits per heavy atom. The fraction of sp³-hybridized carbons (Fsp3) is 0.444. The Bertz CT molecular complexity index is 591. The Labute approximate surface area is 130 Å². The first-order valence-corrected chi connectivity index (χ1v) is 8.64. The van der Waals surface area contributed by atoms with E-state index in [9.17, 15) is 5.11 Å². The second-order valence-corrected chi connectivity index (χ2v) is 9.07. The Morgan fingerprint density at radius 1 is 1.00 bits per heavy atom.